The highest BCUT2D eigenvalue weighted by Crippen LogP contribution is 2.20. The van der Waals surface area contributed by atoms with E-state index in [1.165, 1.54) is 271 Å². The van der Waals surface area contributed by atoms with Crippen molar-refractivity contribution in [3.63, 3.8) is 0 Å². The van der Waals surface area contributed by atoms with Crippen molar-refractivity contribution >= 4 is 71.0 Å². The Morgan fingerprint density at radius 1 is 0.355 bits per heavy atom. The SMILES string of the molecule is CCCCCCCCCCCCOC(=O)CCN1CCCC1C(C)=O.CCCCCCCCCCCCOC(=O)CCNC(CC(N)=O)C(C)=O.CCCCCCCCCCCCOC(=O)CCNC(CCC(C)=O)C(=O)O.CCCCCCCCCCCCOC(=O)CCNC(N)=NCCCC(NCCC(=O)OCCCCCCCCCCCC)C(=O)O. The number of hydrogen-bond acceptors (Lipinski definition) is 21. The van der Waals surface area contributed by atoms with Gasteiger partial charge in [0.1, 0.15) is 29.4 Å². The van der Waals surface area contributed by atoms with Gasteiger partial charge in [0.15, 0.2) is 5.96 Å². The number of ether oxygens (including phenoxy) is 5. The van der Waals surface area contributed by atoms with Crippen LogP contribution in [-0.4, -0.2) is 189 Å². The fourth-order valence-electron chi connectivity index (χ4n) is 14.5. The Labute approximate surface area is 753 Å². The summed E-state index contributed by atoms with van der Waals surface area (Å²) in [6.45, 7) is 21.0. The van der Waals surface area contributed by atoms with Gasteiger partial charge >= 0.3 is 41.8 Å². The molecule has 1 heterocycles. The van der Waals surface area contributed by atoms with Crippen LogP contribution in [0.1, 0.15) is 453 Å². The minimum absolute atomic E-state index is 0.0229. The molecular formula is C98H186N8O18. The molecule has 4 unspecified atom stereocenters. The molecular weight excluding hydrogens is 1580 g/mol. The maximum Gasteiger partial charge on any atom is 0.320 e. The lowest BCUT2D eigenvalue weighted by atomic mass is 10.1. The van der Waals surface area contributed by atoms with Crippen molar-refractivity contribution in [2.24, 2.45) is 16.5 Å². The van der Waals surface area contributed by atoms with Gasteiger partial charge in [0.05, 0.1) is 77.2 Å². The Hall–Kier alpha value is -6.12. The summed E-state index contributed by atoms with van der Waals surface area (Å²) in [6.07, 6.45) is 66.6. The van der Waals surface area contributed by atoms with Gasteiger partial charge in [-0.3, -0.25) is 57.8 Å². The first-order valence-corrected chi connectivity index (χ1v) is 50.0. The Balaban J connectivity index is -0.00000164. The van der Waals surface area contributed by atoms with Crippen LogP contribution in [0.5, 0.6) is 0 Å². The molecule has 1 rings (SSSR count). The van der Waals surface area contributed by atoms with Gasteiger partial charge in [-0.25, -0.2) is 0 Å². The minimum atomic E-state index is -1.00. The number of carbonyl (C=O) groups is 11. The van der Waals surface area contributed by atoms with Crippen LogP contribution < -0.4 is 32.7 Å². The molecule has 0 saturated carbocycles. The van der Waals surface area contributed by atoms with Crippen LogP contribution in [-0.2, 0) is 76.4 Å². The number of hydrogen-bond donors (Lipinski definition) is 8. The van der Waals surface area contributed by atoms with E-state index >= 15 is 0 Å². The molecule has 26 heteroatoms. The summed E-state index contributed by atoms with van der Waals surface area (Å²) in [5, 5.41) is 30.1. The highest BCUT2D eigenvalue weighted by Gasteiger charge is 2.28. The van der Waals surface area contributed by atoms with E-state index in [0.29, 0.717) is 78.5 Å². The van der Waals surface area contributed by atoms with Gasteiger partial charge in [-0.05, 0) is 91.5 Å². The van der Waals surface area contributed by atoms with Gasteiger partial charge in [0, 0.05) is 52.1 Å². The number of carboxylic acids is 2. The predicted molar refractivity (Wildman–Crippen MR) is 501 cm³/mol. The average Bonchev–Trinajstić information content (AvgIpc) is 1.74. The monoisotopic (exact) mass is 1760 g/mol. The second kappa shape index (κ2) is 94.5. The summed E-state index contributed by atoms with van der Waals surface area (Å²) in [4.78, 5) is 133. The van der Waals surface area contributed by atoms with E-state index < -0.39 is 36.0 Å². The molecule has 10 N–H and O–H groups in total. The highest BCUT2D eigenvalue weighted by molar-refractivity contribution is 5.87. The van der Waals surface area contributed by atoms with Crippen molar-refractivity contribution in [3.8, 4) is 0 Å². The first kappa shape index (κ1) is 122. The molecule has 0 aromatic heterocycles. The molecule has 1 aliphatic rings. The van der Waals surface area contributed by atoms with Crippen molar-refractivity contribution in [2.45, 2.75) is 478 Å². The van der Waals surface area contributed by atoms with Crippen molar-refractivity contribution in [1.29, 1.82) is 0 Å². The molecule has 1 amide bonds. The summed E-state index contributed by atoms with van der Waals surface area (Å²) >= 11 is 0. The van der Waals surface area contributed by atoms with Crippen molar-refractivity contribution < 1.29 is 86.6 Å². The lowest BCUT2D eigenvalue weighted by Gasteiger charge is -2.21. The number of esters is 5. The van der Waals surface area contributed by atoms with E-state index in [2.05, 4.69) is 65.8 Å². The molecule has 0 spiro atoms. The topological polar surface area (TPSA) is 390 Å². The zero-order chi connectivity index (χ0) is 92.2. The summed E-state index contributed by atoms with van der Waals surface area (Å²) < 4.78 is 26.3. The first-order valence-electron chi connectivity index (χ1n) is 50.0. The largest absolute Gasteiger partial charge is 0.480 e. The van der Waals surface area contributed by atoms with Crippen LogP contribution >= 0.6 is 0 Å². The zero-order valence-electron chi connectivity index (χ0n) is 80.1. The van der Waals surface area contributed by atoms with Gasteiger partial charge in [-0.1, -0.05) is 324 Å². The summed E-state index contributed by atoms with van der Waals surface area (Å²) in [7, 11) is 0. The lowest BCUT2D eigenvalue weighted by molar-refractivity contribution is -0.145. The maximum absolute atomic E-state index is 12.0. The third-order valence-electron chi connectivity index (χ3n) is 22.2. The van der Waals surface area contributed by atoms with E-state index in [9.17, 15) is 57.8 Å². The van der Waals surface area contributed by atoms with Gasteiger partial charge in [-0.2, -0.15) is 0 Å². The molecule has 1 saturated heterocycles. The van der Waals surface area contributed by atoms with Crippen LogP contribution in [0, 0.1) is 0 Å². The Bertz CT molecular complexity index is 2620. The highest BCUT2D eigenvalue weighted by atomic mass is 16.5. The van der Waals surface area contributed by atoms with E-state index in [0.717, 1.165) is 83.6 Å². The number of likely N-dealkylation sites (tertiary alicyclic amines) is 1. The zero-order valence-corrected chi connectivity index (χ0v) is 80.1. The molecule has 1 fully saturated rings. The number of primary amides is 1. The van der Waals surface area contributed by atoms with E-state index in [4.69, 9.17) is 40.3 Å². The molecule has 0 aromatic rings. The number of guanidine groups is 1. The summed E-state index contributed by atoms with van der Waals surface area (Å²) in [5.74, 6) is -3.56. The lowest BCUT2D eigenvalue weighted by Crippen LogP contribution is -2.39. The van der Waals surface area contributed by atoms with Gasteiger partial charge in [0.2, 0.25) is 5.91 Å². The number of Topliss-reactive ketones (excluding diaryl/α,β-unsaturated/α-hetero) is 3. The number of nitrogens with zero attached hydrogens (tertiary/aromatic N) is 2. The fourth-order valence-corrected chi connectivity index (χ4v) is 14.5. The number of aliphatic imine (C=N–C) groups is 1. The van der Waals surface area contributed by atoms with Crippen LogP contribution in [0.3, 0.4) is 0 Å². The average molecular weight is 1760 g/mol. The van der Waals surface area contributed by atoms with Crippen molar-refractivity contribution in [1.82, 2.24) is 26.2 Å². The van der Waals surface area contributed by atoms with Crippen molar-refractivity contribution in [3.05, 3.63) is 0 Å². The number of nitrogens with two attached hydrogens (primary N) is 2. The maximum atomic E-state index is 12.0. The third kappa shape index (κ3) is 90.7. The van der Waals surface area contributed by atoms with Crippen LogP contribution in [0.25, 0.3) is 0 Å². The third-order valence-corrected chi connectivity index (χ3v) is 22.2. The fraction of sp³-hybridized carbons (Fsp3) is 0.878. The molecule has 0 aliphatic carbocycles. The van der Waals surface area contributed by atoms with Crippen molar-refractivity contribution in [2.75, 3.05) is 78.8 Å². The minimum Gasteiger partial charge on any atom is -0.480 e. The van der Waals surface area contributed by atoms with Crippen LogP contribution in [0.15, 0.2) is 4.99 Å². The standard InChI is InChI=1S/C36H70N4O6.C21H39NO5.C21H39NO3.C20H38N2O4/c1-3-5-7-9-11-13-15-17-19-21-30-45-33(41)25-28-38-32(35(43)44)24-23-27-39-36(37)40-29-26-34(42)46-31-22-20-18-16-14-12-10-8-6-4-2;1-3-4-5-6-7-8-9-10-11-12-17-27-20(24)15-16-22-19(21(25)26)14-13-18(2)23;1-3-4-5-6-7-8-9-10-11-12-18-25-21(24)15-17-22-16-13-14-20(22)19(2)23;1-3-4-5-6-7-8-9-10-11-12-15-26-20(25)13-14-22-18(17(2)23)16-19(21)24/h32,38H,3-31H2,1-2H3,(H,43,44)(H3,37,39,40);19,22H,3-17H2,1-2H3,(H,25,26);20H,3-18H2,1-2H3;18,22H,3-16H2,1-2H3,(H2,21,24). The van der Waals surface area contributed by atoms with E-state index in [-0.39, 0.29) is 117 Å². The van der Waals surface area contributed by atoms with E-state index in [1.807, 2.05) is 0 Å². The molecule has 0 bridgehead atoms. The van der Waals surface area contributed by atoms with Gasteiger partial charge < -0.3 is 71.4 Å². The number of amides is 1. The summed E-state index contributed by atoms with van der Waals surface area (Å²) in [5.41, 5.74) is 11.0. The van der Waals surface area contributed by atoms with Gasteiger partial charge in [0.25, 0.3) is 0 Å². The number of aliphatic carboxylic acids is 2. The second-order valence-electron chi connectivity index (χ2n) is 34.1. The van der Waals surface area contributed by atoms with Crippen LogP contribution in [0.2, 0.25) is 0 Å². The number of rotatable bonds is 86. The Morgan fingerprint density at radius 3 is 0.903 bits per heavy atom. The Kier molecular flexibility index (Phi) is 93.0. The molecule has 4 atom stereocenters. The van der Waals surface area contributed by atoms with E-state index in [1.54, 1.807) is 6.92 Å². The second-order valence-corrected chi connectivity index (χ2v) is 34.1. The number of carboxylic acid groups (broad SMARTS) is 2. The quantitative estimate of drug-likeness (QED) is 0.00921. The molecule has 0 radical (unpaired) electrons. The molecule has 726 valence electrons. The molecule has 0 aromatic carbocycles. The molecule has 1 aliphatic heterocycles. The summed E-state index contributed by atoms with van der Waals surface area (Å²) in [6, 6.07) is -2.18. The van der Waals surface area contributed by atoms with Crippen LogP contribution in [0.4, 0.5) is 0 Å². The number of unbranched alkanes of at least 4 members (excludes halogenated alkanes) is 45. The molecule has 26 nitrogen and oxygen atoms in total. The number of nitrogens with one attached hydrogen (secondary N) is 4. The first-order chi connectivity index (χ1) is 60.0. The molecule has 124 heavy (non-hydrogen) atoms. The normalized spacial score (nSPS) is 13.2. The van der Waals surface area contributed by atoms with Gasteiger partial charge in [-0.15, -0.1) is 0 Å². The predicted octanol–water partition coefficient (Wildman–Crippen LogP) is 19.8. The Morgan fingerprint density at radius 2 is 0.629 bits per heavy atom. The smallest absolute Gasteiger partial charge is 0.320 e. The number of ketones is 3. The number of carbonyl (C=O) groups excluding carboxylic acids is 9.